The van der Waals surface area contributed by atoms with Gasteiger partial charge in [-0.25, -0.2) is 15.0 Å². The van der Waals surface area contributed by atoms with Gasteiger partial charge in [-0.15, -0.1) is 0 Å². The first-order valence-electron chi connectivity index (χ1n) is 36.9. The topological polar surface area (TPSA) is 58.4 Å². The molecule has 0 spiro atoms. The van der Waals surface area contributed by atoms with Crippen LogP contribution in [0.4, 0.5) is 0 Å². The highest BCUT2D eigenvalue weighted by atomic mass is 15.0. The normalized spacial score (nSPS) is 11.9. The average Bonchev–Trinajstić information content (AvgIpc) is 1.55. The Hall–Kier alpha value is -14.5. The standard InChI is InChI=1S/C101H63N7/c1-6-26-66(27-7-1)85-59-71(60-86(102-85)72-58-70-32-16-17-37-75(70)95(62-72)108-91-45-25-22-42-84(91)98-94(108)57-52-80-78-40-20-23-43-89(78)105(99(80)98)73-33-12-4-13-34-73)65-48-46-64(47-49-65)69-50-51-79-81-53-56-93-97(100(81)106(96(79)61-69)74-35-14-5-15-36-74)83-41-21-24-44-90(83)107(93)92-55-54-82(76-38-18-19-39-77(76)92)101-103-87(67-28-8-2-9-29-67)63-88(104-101)68-30-10-3-11-31-68/h1-63H. The Labute approximate surface area is 621 Å². The number of benzene rings is 16. The first-order valence-corrected chi connectivity index (χ1v) is 36.9. The Balaban J connectivity index is 0.674. The lowest BCUT2D eigenvalue weighted by atomic mass is 9.96. The second kappa shape index (κ2) is 24.6. The summed E-state index contributed by atoms with van der Waals surface area (Å²) in [6.45, 7) is 0. The zero-order valence-corrected chi connectivity index (χ0v) is 58.5. The van der Waals surface area contributed by atoms with Gasteiger partial charge in [0.05, 0.1) is 78.3 Å². The van der Waals surface area contributed by atoms with Crippen LogP contribution in [-0.4, -0.2) is 33.2 Å². The number of nitrogens with zero attached hydrogens (tertiary/aromatic N) is 7. The first-order chi connectivity index (χ1) is 53.6. The lowest BCUT2D eigenvalue weighted by Gasteiger charge is -2.16. The van der Waals surface area contributed by atoms with Gasteiger partial charge in [-0.1, -0.05) is 279 Å². The summed E-state index contributed by atoms with van der Waals surface area (Å²) >= 11 is 0. The number of fused-ring (bicyclic) bond motifs is 16. The predicted molar refractivity (Wildman–Crippen MR) is 450 cm³/mol. The van der Waals surface area contributed by atoms with Crippen LogP contribution in [0.1, 0.15) is 0 Å². The molecule has 108 heavy (non-hydrogen) atoms. The highest BCUT2D eigenvalue weighted by Gasteiger charge is 2.26. The minimum absolute atomic E-state index is 0.681. The van der Waals surface area contributed by atoms with Gasteiger partial charge in [-0.2, -0.15) is 0 Å². The number of rotatable bonds is 11. The van der Waals surface area contributed by atoms with E-state index in [0.717, 1.165) is 150 Å². The summed E-state index contributed by atoms with van der Waals surface area (Å²) in [7, 11) is 0. The van der Waals surface area contributed by atoms with Gasteiger partial charge in [0.15, 0.2) is 5.82 Å². The third-order valence-corrected chi connectivity index (χ3v) is 22.1. The molecule has 0 aliphatic rings. The molecule has 6 aromatic heterocycles. The van der Waals surface area contributed by atoms with Crippen molar-refractivity contribution in [2.24, 2.45) is 0 Å². The zero-order chi connectivity index (χ0) is 70.9. The van der Waals surface area contributed by atoms with Crippen molar-refractivity contribution in [3.05, 3.63) is 382 Å². The van der Waals surface area contributed by atoms with E-state index >= 15 is 0 Å². The van der Waals surface area contributed by atoms with Crippen LogP contribution in [0.25, 0.3) is 210 Å². The second-order valence-electron chi connectivity index (χ2n) is 28.2. The van der Waals surface area contributed by atoms with Crippen molar-refractivity contribution in [1.29, 1.82) is 0 Å². The van der Waals surface area contributed by atoms with Gasteiger partial charge >= 0.3 is 0 Å². The van der Waals surface area contributed by atoms with Crippen molar-refractivity contribution in [1.82, 2.24) is 33.2 Å². The third-order valence-electron chi connectivity index (χ3n) is 22.1. The average molecular weight is 1370 g/mol. The molecule has 7 nitrogen and oxygen atoms in total. The first kappa shape index (κ1) is 61.0. The molecule has 0 aliphatic heterocycles. The molecular formula is C101H63N7. The highest BCUT2D eigenvalue weighted by molar-refractivity contribution is 6.28. The quantitative estimate of drug-likeness (QED) is 0.130. The molecule has 22 aromatic rings. The number of hydrogen-bond donors (Lipinski definition) is 0. The van der Waals surface area contributed by atoms with Crippen molar-refractivity contribution in [2.75, 3.05) is 0 Å². The Kier molecular flexibility index (Phi) is 13.9. The minimum Gasteiger partial charge on any atom is -0.309 e. The number of para-hydroxylation sites is 5. The monoisotopic (exact) mass is 1370 g/mol. The van der Waals surface area contributed by atoms with Gasteiger partial charge in [0, 0.05) is 93.1 Å². The fourth-order valence-electron chi connectivity index (χ4n) is 17.3. The van der Waals surface area contributed by atoms with Gasteiger partial charge < -0.3 is 18.3 Å². The molecular weight excluding hydrogens is 1310 g/mol. The Bertz CT molecular complexity index is 7320. The molecule has 0 fully saturated rings. The molecule has 0 atom stereocenters. The van der Waals surface area contributed by atoms with Gasteiger partial charge in [-0.3, -0.25) is 0 Å². The van der Waals surface area contributed by atoms with Gasteiger partial charge in [0.2, 0.25) is 0 Å². The molecule has 16 aromatic carbocycles. The highest BCUT2D eigenvalue weighted by Crippen LogP contribution is 2.48. The summed E-state index contributed by atoms with van der Waals surface area (Å²) in [5, 5.41) is 14.1. The summed E-state index contributed by atoms with van der Waals surface area (Å²) in [5.41, 5.74) is 26.8. The molecule has 0 radical (unpaired) electrons. The van der Waals surface area contributed by atoms with Crippen LogP contribution >= 0.6 is 0 Å². The fraction of sp³-hybridized carbons (Fsp3) is 0. The molecule has 0 N–H and O–H groups in total. The van der Waals surface area contributed by atoms with E-state index < -0.39 is 0 Å². The van der Waals surface area contributed by atoms with E-state index in [-0.39, 0.29) is 0 Å². The Morgan fingerprint density at radius 2 is 0.593 bits per heavy atom. The second-order valence-corrected chi connectivity index (χ2v) is 28.2. The summed E-state index contributed by atoms with van der Waals surface area (Å²) in [6, 6.07) is 139. The maximum Gasteiger partial charge on any atom is 0.161 e. The lowest BCUT2D eigenvalue weighted by Crippen LogP contribution is -1.99. The van der Waals surface area contributed by atoms with Crippen molar-refractivity contribution < 1.29 is 0 Å². The van der Waals surface area contributed by atoms with Gasteiger partial charge in [0.1, 0.15) is 0 Å². The van der Waals surface area contributed by atoms with E-state index in [2.05, 4.69) is 388 Å². The van der Waals surface area contributed by atoms with Crippen molar-refractivity contribution >= 4 is 109 Å². The minimum atomic E-state index is 0.681. The van der Waals surface area contributed by atoms with Crippen LogP contribution in [0.2, 0.25) is 0 Å². The maximum absolute atomic E-state index is 5.59. The molecule has 0 saturated carbocycles. The number of aromatic nitrogens is 7. The van der Waals surface area contributed by atoms with Crippen molar-refractivity contribution in [3.8, 4) is 101 Å². The molecule has 502 valence electrons. The van der Waals surface area contributed by atoms with Crippen LogP contribution in [0.5, 0.6) is 0 Å². The largest absolute Gasteiger partial charge is 0.309 e. The van der Waals surface area contributed by atoms with Crippen molar-refractivity contribution in [3.63, 3.8) is 0 Å². The van der Waals surface area contributed by atoms with E-state index in [9.17, 15) is 0 Å². The summed E-state index contributed by atoms with van der Waals surface area (Å²) in [5.74, 6) is 0.681. The fourth-order valence-corrected chi connectivity index (χ4v) is 17.3. The van der Waals surface area contributed by atoms with Crippen molar-refractivity contribution in [2.45, 2.75) is 0 Å². The lowest BCUT2D eigenvalue weighted by molar-refractivity contribution is 1.17. The molecule has 0 bridgehead atoms. The Morgan fingerprint density at radius 1 is 0.185 bits per heavy atom. The van der Waals surface area contributed by atoms with Gasteiger partial charge in [0.25, 0.3) is 0 Å². The van der Waals surface area contributed by atoms with Crippen LogP contribution < -0.4 is 0 Å². The summed E-state index contributed by atoms with van der Waals surface area (Å²) in [6.07, 6.45) is 0. The van der Waals surface area contributed by atoms with E-state index in [4.69, 9.17) is 15.0 Å². The molecule has 0 saturated heterocycles. The molecule has 0 aliphatic carbocycles. The molecule has 6 heterocycles. The van der Waals surface area contributed by atoms with E-state index in [0.29, 0.717) is 5.82 Å². The summed E-state index contributed by atoms with van der Waals surface area (Å²) in [4.78, 5) is 16.2. The van der Waals surface area contributed by atoms with Crippen LogP contribution in [0.3, 0.4) is 0 Å². The van der Waals surface area contributed by atoms with Crippen LogP contribution in [-0.2, 0) is 0 Å². The van der Waals surface area contributed by atoms with Crippen LogP contribution in [0, 0.1) is 0 Å². The number of pyridine rings is 1. The van der Waals surface area contributed by atoms with Crippen LogP contribution in [0.15, 0.2) is 382 Å². The molecule has 0 unspecified atom stereocenters. The van der Waals surface area contributed by atoms with E-state index in [1.54, 1.807) is 0 Å². The zero-order valence-electron chi connectivity index (χ0n) is 58.5. The summed E-state index contributed by atoms with van der Waals surface area (Å²) < 4.78 is 9.92. The predicted octanol–water partition coefficient (Wildman–Crippen LogP) is 26.2. The molecule has 0 amide bonds. The van der Waals surface area contributed by atoms with Gasteiger partial charge in [-0.05, 0) is 136 Å². The van der Waals surface area contributed by atoms with E-state index in [1.165, 1.54) is 54.1 Å². The molecule has 7 heteroatoms. The smallest absolute Gasteiger partial charge is 0.161 e. The number of hydrogen-bond acceptors (Lipinski definition) is 3. The molecule has 22 rings (SSSR count). The van der Waals surface area contributed by atoms with E-state index in [1.807, 2.05) is 12.1 Å². The SMILES string of the molecule is c1ccc(-c2cc(-c3ccc(-c4ccc5c6ccc7c(c8ccccc8n7-c7ccc(-c8nc(-c9ccccc9)cc(-c9ccccc9)n8)c8ccccc78)c6n(-c6ccccc6)c5c4)cc3)cc(-c3cc(-n4c5ccccc5c5c4ccc4c6ccccc6n(-c6ccccc6)c45)c4ccccc4c3)n2)cc1. The maximum atomic E-state index is 5.59. The Morgan fingerprint density at radius 3 is 1.16 bits per heavy atom. The third kappa shape index (κ3) is 9.65.